The molecule has 2 aliphatic rings. The maximum absolute atomic E-state index is 12.7. The number of amides is 1. The fraction of sp³-hybridized carbons (Fsp3) is 0.500. The first-order chi connectivity index (χ1) is 16.0. The van der Waals surface area contributed by atoms with Crippen molar-refractivity contribution in [3.05, 3.63) is 29.8 Å². The standard InChI is InChI=1S/C22H27N3O8S/c1-9-16(15(10(2)26)21(30)31)25-17(22(32)33)18(9)34-13-7-14(23-8-13)19(27)24-12-5-3-4-11(6-12)20(28)29/h3-6,9-10,13-16,18,23,26H,7-8H2,1-2H3,(H,24,27)(H,28,29)(H,30,31)(H,32,33)/t9-,10-,13+,14+,15-,16?,18?/m1/s1. The van der Waals surface area contributed by atoms with Crippen LogP contribution in [-0.4, -0.2) is 85.2 Å². The van der Waals surface area contributed by atoms with Crippen molar-refractivity contribution in [1.29, 1.82) is 0 Å². The van der Waals surface area contributed by atoms with Crippen LogP contribution < -0.4 is 10.6 Å². The van der Waals surface area contributed by atoms with Crippen LogP contribution in [0.4, 0.5) is 5.69 Å². The molecule has 1 aromatic rings. The lowest BCUT2D eigenvalue weighted by Gasteiger charge is -2.27. The summed E-state index contributed by atoms with van der Waals surface area (Å²) in [5.41, 5.74) is 0.272. The van der Waals surface area contributed by atoms with E-state index in [2.05, 4.69) is 15.6 Å². The van der Waals surface area contributed by atoms with E-state index in [0.717, 1.165) is 0 Å². The number of hydrogen-bond donors (Lipinski definition) is 6. The van der Waals surface area contributed by atoms with Gasteiger partial charge in [0.25, 0.3) is 0 Å². The van der Waals surface area contributed by atoms with Crippen LogP contribution in [0.2, 0.25) is 0 Å². The van der Waals surface area contributed by atoms with Crippen molar-refractivity contribution in [2.75, 3.05) is 11.9 Å². The minimum absolute atomic E-state index is 0.0488. The number of carboxylic acids is 3. The number of aliphatic carboxylic acids is 2. The van der Waals surface area contributed by atoms with Gasteiger partial charge in [-0.1, -0.05) is 13.0 Å². The zero-order valence-electron chi connectivity index (χ0n) is 18.5. The number of hydrogen-bond acceptors (Lipinski definition) is 8. The van der Waals surface area contributed by atoms with Crippen LogP contribution in [0.15, 0.2) is 29.3 Å². The Labute approximate surface area is 199 Å². The summed E-state index contributed by atoms with van der Waals surface area (Å²) in [4.78, 5) is 51.4. The van der Waals surface area contributed by atoms with Crippen molar-refractivity contribution in [2.24, 2.45) is 16.8 Å². The van der Waals surface area contributed by atoms with Crippen LogP contribution in [0.25, 0.3) is 0 Å². The zero-order valence-corrected chi connectivity index (χ0v) is 19.4. The Balaban J connectivity index is 1.66. The summed E-state index contributed by atoms with van der Waals surface area (Å²) in [7, 11) is 0. The Morgan fingerprint density at radius 3 is 2.47 bits per heavy atom. The lowest BCUT2D eigenvalue weighted by Crippen LogP contribution is -2.40. The average Bonchev–Trinajstić information content (AvgIpc) is 3.34. The van der Waals surface area contributed by atoms with Gasteiger partial charge in [-0.05, 0) is 37.5 Å². The third-order valence-electron chi connectivity index (χ3n) is 6.09. The highest BCUT2D eigenvalue weighted by Gasteiger charge is 2.48. The molecular formula is C22H27N3O8S. The predicted molar refractivity (Wildman–Crippen MR) is 124 cm³/mol. The Hall–Kier alpha value is -2.96. The van der Waals surface area contributed by atoms with Gasteiger partial charge in [0.1, 0.15) is 11.6 Å². The van der Waals surface area contributed by atoms with Crippen LogP contribution in [0, 0.1) is 11.8 Å². The van der Waals surface area contributed by atoms with E-state index >= 15 is 0 Å². The third kappa shape index (κ3) is 5.57. The number of thioether (sulfide) groups is 1. The van der Waals surface area contributed by atoms with Gasteiger partial charge >= 0.3 is 17.9 Å². The fourth-order valence-electron chi connectivity index (χ4n) is 4.36. The van der Waals surface area contributed by atoms with Gasteiger partial charge in [-0.3, -0.25) is 14.6 Å². The molecule has 3 rings (SSSR count). The number of aliphatic imine (C=N–C) groups is 1. The Morgan fingerprint density at radius 2 is 1.88 bits per heavy atom. The first kappa shape index (κ1) is 25.7. The number of carbonyl (C=O) groups excluding carboxylic acids is 1. The Morgan fingerprint density at radius 1 is 1.18 bits per heavy atom. The highest BCUT2D eigenvalue weighted by Crippen LogP contribution is 2.39. The van der Waals surface area contributed by atoms with Crippen LogP contribution in [0.3, 0.4) is 0 Å². The molecule has 0 spiro atoms. The maximum atomic E-state index is 12.7. The second-order valence-corrected chi connectivity index (χ2v) is 9.97. The van der Waals surface area contributed by atoms with E-state index < -0.39 is 53.2 Å². The molecule has 184 valence electrons. The van der Waals surface area contributed by atoms with Crippen molar-refractivity contribution in [1.82, 2.24) is 5.32 Å². The van der Waals surface area contributed by atoms with Gasteiger partial charge in [-0.15, -0.1) is 11.8 Å². The number of carboxylic acid groups (broad SMARTS) is 3. The molecule has 0 aliphatic carbocycles. The largest absolute Gasteiger partial charge is 0.481 e. The molecule has 1 fully saturated rings. The summed E-state index contributed by atoms with van der Waals surface area (Å²) < 4.78 is 0. The molecule has 2 unspecified atom stereocenters. The van der Waals surface area contributed by atoms with Gasteiger partial charge in [0.05, 0.1) is 29.0 Å². The van der Waals surface area contributed by atoms with E-state index in [-0.39, 0.29) is 22.4 Å². The normalized spacial score (nSPS) is 28.1. The first-order valence-electron chi connectivity index (χ1n) is 10.7. The minimum atomic E-state index is -1.24. The lowest BCUT2D eigenvalue weighted by molar-refractivity contribution is -0.146. The topological polar surface area (TPSA) is 186 Å². The number of nitrogens with zero attached hydrogens (tertiary/aromatic N) is 1. The summed E-state index contributed by atoms with van der Waals surface area (Å²) in [5, 5.41) is 43.2. The molecular weight excluding hydrogens is 466 g/mol. The number of nitrogens with one attached hydrogen (secondary N) is 2. The molecule has 1 aromatic carbocycles. The fourth-order valence-corrected chi connectivity index (χ4v) is 5.97. The molecule has 0 radical (unpaired) electrons. The van der Waals surface area contributed by atoms with E-state index in [1.165, 1.54) is 36.9 Å². The molecule has 11 nitrogen and oxygen atoms in total. The highest BCUT2D eigenvalue weighted by atomic mass is 32.2. The molecule has 1 amide bonds. The second-order valence-electron chi connectivity index (χ2n) is 8.52. The summed E-state index contributed by atoms with van der Waals surface area (Å²) >= 11 is 1.33. The van der Waals surface area contributed by atoms with E-state index in [1.807, 2.05) is 0 Å². The van der Waals surface area contributed by atoms with Crippen molar-refractivity contribution >= 4 is 47.0 Å². The number of rotatable bonds is 9. The summed E-state index contributed by atoms with van der Waals surface area (Å²) in [5.74, 6) is -5.59. The van der Waals surface area contributed by atoms with E-state index in [1.54, 1.807) is 13.0 Å². The third-order valence-corrected chi connectivity index (χ3v) is 7.78. The van der Waals surface area contributed by atoms with Gasteiger partial charge in [0, 0.05) is 17.5 Å². The molecule has 34 heavy (non-hydrogen) atoms. The van der Waals surface area contributed by atoms with E-state index in [9.17, 15) is 34.5 Å². The van der Waals surface area contributed by atoms with E-state index in [0.29, 0.717) is 18.7 Å². The Kier molecular flexibility index (Phi) is 7.95. The number of carbonyl (C=O) groups is 4. The number of aliphatic hydroxyl groups is 1. The summed E-state index contributed by atoms with van der Waals surface area (Å²) in [6.07, 6.45) is -0.803. The number of aliphatic hydroxyl groups excluding tert-OH is 1. The van der Waals surface area contributed by atoms with Crippen LogP contribution in [-0.2, 0) is 14.4 Å². The lowest BCUT2D eigenvalue weighted by atomic mass is 9.86. The van der Waals surface area contributed by atoms with Crippen molar-refractivity contribution < 1.29 is 39.6 Å². The van der Waals surface area contributed by atoms with Crippen molar-refractivity contribution in [3.8, 4) is 0 Å². The summed E-state index contributed by atoms with van der Waals surface area (Å²) in [6.45, 7) is 3.50. The monoisotopic (exact) mass is 493 g/mol. The highest BCUT2D eigenvalue weighted by molar-refractivity contribution is 8.01. The molecule has 12 heteroatoms. The maximum Gasteiger partial charge on any atom is 0.350 e. The van der Waals surface area contributed by atoms with E-state index in [4.69, 9.17) is 5.11 Å². The zero-order chi connectivity index (χ0) is 25.2. The number of benzene rings is 1. The number of aromatic carboxylic acids is 1. The molecule has 2 aliphatic heterocycles. The quantitative estimate of drug-likeness (QED) is 0.287. The average molecular weight is 494 g/mol. The smallest absolute Gasteiger partial charge is 0.350 e. The number of anilines is 1. The van der Waals surface area contributed by atoms with Gasteiger partial charge in [-0.2, -0.15) is 0 Å². The predicted octanol–water partition coefficient (Wildman–Crippen LogP) is 0.781. The summed E-state index contributed by atoms with van der Waals surface area (Å²) in [6, 6.07) is 4.45. The minimum Gasteiger partial charge on any atom is -0.481 e. The van der Waals surface area contributed by atoms with Gasteiger partial charge in [0.2, 0.25) is 5.91 Å². The molecule has 7 atom stereocenters. The molecule has 6 N–H and O–H groups in total. The Bertz CT molecular complexity index is 1010. The molecule has 0 aromatic heterocycles. The van der Waals surface area contributed by atoms with Gasteiger partial charge < -0.3 is 31.1 Å². The molecule has 2 heterocycles. The van der Waals surface area contributed by atoms with Crippen LogP contribution in [0.5, 0.6) is 0 Å². The molecule has 0 saturated carbocycles. The molecule has 0 bridgehead atoms. The second kappa shape index (κ2) is 10.5. The van der Waals surface area contributed by atoms with Crippen LogP contribution in [0.1, 0.15) is 30.6 Å². The molecule has 1 saturated heterocycles. The van der Waals surface area contributed by atoms with Gasteiger partial charge in [-0.25, -0.2) is 9.59 Å². The van der Waals surface area contributed by atoms with Gasteiger partial charge in [0.15, 0.2) is 0 Å². The first-order valence-corrected chi connectivity index (χ1v) is 11.7. The van der Waals surface area contributed by atoms with Crippen molar-refractivity contribution in [3.63, 3.8) is 0 Å². The van der Waals surface area contributed by atoms with Crippen molar-refractivity contribution in [2.45, 2.75) is 49.0 Å². The SMILES string of the molecule is C[C@H]1C(S[C@@H]2CN[C@H](C(=O)Nc3cccc(C(=O)O)c3)C2)C(C(=O)O)=NC1[C@H](C(=O)O)[C@@H](C)O. The van der Waals surface area contributed by atoms with Crippen LogP contribution >= 0.6 is 11.8 Å².